The van der Waals surface area contributed by atoms with Crippen molar-refractivity contribution in [1.29, 1.82) is 0 Å². The molecule has 1 N–H and O–H groups in total. The summed E-state index contributed by atoms with van der Waals surface area (Å²) in [7, 11) is 0. The summed E-state index contributed by atoms with van der Waals surface area (Å²) in [6.07, 6.45) is 6.17. The lowest BCUT2D eigenvalue weighted by Gasteiger charge is -2.14. The molecule has 1 atom stereocenters. The van der Waals surface area contributed by atoms with Gasteiger partial charge in [-0.05, 0) is 18.6 Å². The predicted octanol–water partition coefficient (Wildman–Crippen LogP) is 2.27. The third-order valence-electron chi connectivity index (χ3n) is 2.60. The van der Waals surface area contributed by atoms with Crippen LogP contribution in [-0.2, 0) is 0 Å². The molecule has 0 aliphatic heterocycles. The third kappa shape index (κ3) is 3.78. The Morgan fingerprint density at radius 1 is 1.63 bits per heavy atom. The molecule has 0 aliphatic carbocycles. The van der Waals surface area contributed by atoms with Gasteiger partial charge in [0.05, 0.1) is 4.92 Å². The van der Waals surface area contributed by atoms with E-state index in [0.29, 0.717) is 12.8 Å². The summed E-state index contributed by atoms with van der Waals surface area (Å²) in [5.74, 6) is 0.947. The molecule has 1 rings (SSSR count). The maximum Gasteiger partial charge on any atom is 0.305 e. The van der Waals surface area contributed by atoms with E-state index in [9.17, 15) is 19.3 Å². The summed E-state index contributed by atoms with van der Waals surface area (Å²) in [5, 5.41) is 13.2. The molecule has 0 radical (unpaired) electrons. The van der Waals surface area contributed by atoms with E-state index in [-0.39, 0.29) is 11.6 Å². The van der Waals surface area contributed by atoms with Crippen molar-refractivity contribution in [3.8, 4) is 12.3 Å². The van der Waals surface area contributed by atoms with E-state index in [1.807, 2.05) is 6.92 Å². The topological polar surface area (TPSA) is 72.2 Å². The van der Waals surface area contributed by atoms with Gasteiger partial charge in [-0.25, -0.2) is 0 Å². The van der Waals surface area contributed by atoms with Gasteiger partial charge >= 0.3 is 5.69 Å². The quantitative estimate of drug-likeness (QED) is 0.503. The Morgan fingerprint density at radius 2 is 2.32 bits per heavy atom. The molecule has 1 unspecified atom stereocenters. The van der Waals surface area contributed by atoms with E-state index >= 15 is 0 Å². The lowest BCUT2D eigenvalue weighted by atomic mass is 10.1. The van der Waals surface area contributed by atoms with Crippen molar-refractivity contribution in [2.24, 2.45) is 0 Å². The van der Waals surface area contributed by atoms with E-state index in [1.165, 1.54) is 6.07 Å². The van der Waals surface area contributed by atoms with Gasteiger partial charge in [-0.3, -0.25) is 14.9 Å². The first kappa shape index (κ1) is 14.6. The average molecular weight is 264 g/mol. The molecule has 0 saturated carbocycles. The van der Waals surface area contributed by atoms with Gasteiger partial charge in [0.1, 0.15) is 0 Å². The number of benzene rings is 1. The zero-order valence-electron chi connectivity index (χ0n) is 10.4. The number of nitro benzene ring substituents is 1. The SMILES string of the molecule is C#CCC(CC)NC(=O)c1ccc(F)c([N+](=O)[O-])c1. The fourth-order valence-electron chi connectivity index (χ4n) is 1.50. The molecule has 0 fully saturated rings. The van der Waals surface area contributed by atoms with Crippen molar-refractivity contribution < 1.29 is 14.1 Å². The van der Waals surface area contributed by atoms with Crippen molar-refractivity contribution in [2.45, 2.75) is 25.8 Å². The van der Waals surface area contributed by atoms with Crippen molar-refractivity contribution in [3.63, 3.8) is 0 Å². The van der Waals surface area contributed by atoms with Gasteiger partial charge in [0.25, 0.3) is 5.91 Å². The van der Waals surface area contributed by atoms with Crippen molar-refractivity contribution >= 4 is 11.6 Å². The number of nitrogens with one attached hydrogen (secondary N) is 1. The van der Waals surface area contributed by atoms with Crippen molar-refractivity contribution in [1.82, 2.24) is 5.32 Å². The fourth-order valence-corrected chi connectivity index (χ4v) is 1.50. The summed E-state index contributed by atoms with van der Waals surface area (Å²) in [5.41, 5.74) is -0.693. The third-order valence-corrected chi connectivity index (χ3v) is 2.60. The lowest BCUT2D eigenvalue weighted by Crippen LogP contribution is -2.34. The first-order chi connectivity index (χ1) is 8.99. The summed E-state index contributed by atoms with van der Waals surface area (Å²) in [6.45, 7) is 1.86. The molecule has 0 spiro atoms. The zero-order chi connectivity index (χ0) is 14.4. The Labute approximate surface area is 110 Å². The number of hydrogen-bond acceptors (Lipinski definition) is 3. The van der Waals surface area contributed by atoms with E-state index < -0.39 is 22.3 Å². The fraction of sp³-hybridized carbons (Fsp3) is 0.308. The molecule has 0 bridgehead atoms. The predicted molar refractivity (Wildman–Crippen MR) is 68.0 cm³/mol. The van der Waals surface area contributed by atoms with Crippen LogP contribution in [-0.4, -0.2) is 16.9 Å². The summed E-state index contributed by atoms with van der Waals surface area (Å²) in [4.78, 5) is 21.6. The molecule has 0 saturated heterocycles. The molecular formula is C13H13FN2O3. The number of halogens is 1. The van der Waals surface area contributed by atoms with Gasteiger partial charge in [0.15, 0.2) is 0 Å². The molecular weight excluding hydrogens is 251 g/mol. The van der Waals surface area contributed by atoms with Crippen LogP contribution < -0.4 is 5.32 Å². The van der Waals surface area contributed by atoms with E-state index in [4.69, 9.17) is 6.42 Å². The largest absolute Gasteiger partial charge is 0.348 e. The molecule has 1 aromatic carbocycles. The van der Waals surface area contributed by atoms with Gasteiger partial charge in [-0.2, -0.15) is 4.39 Å². The van der Waals surface area contributed by atoms with Crippen LogP contribution in [0.3, 0.4) is 0 Å². The van der Waals surface area contributed by atoms with Crippen molar-refractivity contribution in [3.05, 3.63) is 39.7 Å². The standard InChI is InChI=1S/C13H13FN2O3/c1-3-5-10(4-2)15-13(17)9-6-7-11(14)12(8-9)16(18)19/h1,6-8,10H,4-5H2,2H3,(H,15,17). The van der Waals surface area contributed by atoms with Crippen LogP contribution in [0.2, 0.25) is 0 Å². The van der Waals surface area contributed by atoms with Crippen LogP contribution in [0, 0.1) is 28.3 Å². The van der Waals surface area contributed by atoms with Gasteiger partial charge in [0.2, 0.25) is 5.82 Å². The molecule has 1 aromatic rings. The summed E-state index contributed by atoms with van der Waals surface area (Å²) >= 11 is 0. The smallest absolute Gasteiger partial charge is 0.305 e. The highest BCUT2D eigenvalue weighted by Crippen LogP contribution is 2.18. The molecule has 0 aromatic heterocycles. The molecule has 100 valence electrons. The van der Waals surface area contributed by atoms with Gasteiger partial charge in [-0.15, -0.1) is 12.3 Å². The first-order valence-corrected chi connectivity index (χ1v) is 5.67. The molecule has 5 nitrogen and oxygen atoms in total. The van der Waals surface area contributed by atoms with Crippen LogP contribution >= 0.6 is 0 Å². The highest BCUT2D eigenvalue weighted by Gasteiger charge is 2.18. The second-order valence-electron chi connectivity index (χ2n) is 3.91. The van der Waals surface area contributed by atoms with Crippen LogP contribution in [0.4, 0.5) is 10.1 Å². The number of nitrogens with zero attached hydrogens (tertiary/aromatic N) is 1. The minimum absolute atomic E-state index is 0.0311. The van der Waals surface area contributed by atoms with Crippen LogP contribution in [0.5, 0.6) is 0 Å². The van der Waals surface area contributed by atoms with Gasteiger partial charge in [-0.1, -0.05) is 6.92 Å². The second-order valence-corrected chi connectivity index (χ2v) is 3.91. The van der Waals surface area contributed by atoms with Crippen molar-refractivity contribution in [2.75, 3.05) is 0 Å². The summed E-state index contributed by atoms with van der Waals surface area (Å²) < 4.78 is 13.1. The van der Waals surface area contributed by atoms with Crippen LogP contribution in [0.15, 0.2) is 18.2 Å². The number of carbonyl (C=O) groups excluding carboxylic acids is 1. The van der Waals surface area contributed by atoms with Crippen LogP contribution in [0.25, 0.3) is 0 Å². The number of terminal acetylenes is 1. The molecule has 0 heterocycles. The Kier molecular flexibility index (Phi) is 5.01. The number of rotatable bonds is 5. The molecule has 6 heteroatoms. The van der Waals surface area contributed by atoms with Gasteiger partial charge < -0.3 is 5.32 Å². The molecule has 1 amide bonds. The highest BCUT2D eigenvalue weighted by atomic mass is 19.1. The average Bonchev–Trinajstić information content (AvgIpc) is 2.38. The Morgan fingerprint density at radius 3 is 2.84 bits per heavy atom. The number of nitro groups is 1. The highest BCUT2D eigenvalue weighted by molar-refractivity contribution is 5.95. The second kappa shape index (κ2) is 6.50. The molecule has 0 aliphatic rings. The van der Waals surface area contributed by atoms with E-state index in [1.54, 1.807) is 0 Å². The van der Waals surface area contributed by atoms with Crippen LogP contribution in [0.1, 0.15) is 30.1 Å². The number of carbonyl (C=O) groups is 1. The first-order valence-electron chi connectivity index (χ1n) is 5.67. The van der Waals surface area contributed by atoms with Gasteiger partial charge in [0, 0.05) is 24.1 Å². The Hall–Kier alpha value is -2.42. The maximum absolute atomic E-state index is 13.1. The summed E-state index contributed by atoms with van der Waals surface area (Å²) in [6, 6.07) is 2.80. The van der Waals surface area contributed by atoms with E-state index in [2.05, 4.69) is 11.2 Å². The normalized spacial score (nSPS) is 11.4. The maximum atomic E-state index is 13.1. The Balaban J connectivity index is 2.92. The number of amides is 1. The number of hydrogen-bond donors (Lipinski definition) is 1. The molecule has 19 heavy (non-hydrogen) atoms. The monoisotopic (exact) mass is 264 g/mol. The minimum atomic E-state index is -0.975. The minimum Gasteiger partial charge on any atom is -0.348 e. The van der Waals surface area contributed by atoms with E-state index in [0.717, 1.165) is 12.1 Å². The lowest BCUT2D eigenvalue weighted by molar-refractivity contribution is -0.387. The zero-order valence-corrected chi connectivity index (χ0v) is 10.4. The Bertz CT molecular complexity index is 537.